The topological polar surface area (TPSA) is 50.8 Å². The summed E-state index contributed by atoms with van der Waals surface area (Å²) < 4.78 is 10.7. The van der Waals surface area contributed by atoms with Crippen molar-refractivity contribution in [1.29, 1.82) is 0 Å². The Kier molecular flexibility index (Phi) is 5.39. The Morgan fingerprint density at radius 1 is 1.13 bits per heavy atom. The van der Waals surface area contributed by atoms with E-state index < -0.39 is 0 Å². The molecule has 0 saturated carbocycles. The van der Waals surface area contributed by atoms with Crippen LogP contribution in [0.1, 0.15) is 50.6 Å². The van der Waals surface area contributed by atoms with Crippen LogP contribution in [0, 0.1) is 0 Å². The predicted molar refractivity (Wildman–Crippen MR) is 88.6 cm³/mol. The Bertz CT molecular complexity index is 539. The lowest BCUT2D eigenvalue weighted by atomic mass is 10.1. The van der Waals surface area contributed by atoms with Crippen LogP contribution in [0.4, 0.5) is 0 Å². The van der Waals surface area contributed by atoms with Gasteiger partial charge in [0.25, 0.3) is 0 Å². The lowest BCUT2D eigenvalue weighted by molar-refractivity contribution is -0.123. The Balaban J connectivity index is 1.52. The van der Waals surface area contributed by atoms with Gasteiger partial charge in [-0.3, -0.25) is 9.69 Å². The molecule has 5 nitrogen and oxygen atoms in total. The van der Waals surface area contributed by atoms with Crippen LogP contribution in [-0.2, 0) is 4.79 Å². The van der Waals surface area contributed by atoms with E-state index in [2.05, 4.69) is 10.2 Å². The van der Waals surface area contributed by atoms with Gasteiger partial charge >= 0.3 is 0 Å². The minimum atomic E-state index is -0.0354. The summed E-state index contributed by atoms with van der Waals surface area (Å²) in [4.78, 5) is 14.6. The summed E-state index contributed by atoms with van der Waals surface area (Å²) in [6, 6.07) is 5.79. The molecule has 1 aromatic rings. The molecule has 1 fully saturated rings. The molecule has 1 saturated heterocycles. The summed E-state index contributed by atoms with van der Waals surface area (Å²) in [5.74, 6) is 1.62. The molecule has 2 aliphatic heterocycles. The largest absolute Gasteiger partial charge is 0.454 e. The van der Waals surface area contributed by atoms with Crippen molar-refractivity contribution < 1.29 is 14.3 Å². The van der Waals surface area contributed by atoms with E-state index in [9.17, 15) is 4.79 Å². The first-order valence-electron chi connectivity index (χ1n) is 8.63. The van der Waals surface area contributed by atoms with Gasteiger partial charge in [0.1, 0.15) is 0 Å². The number of carbonyl (C=O) groups is 1. The van der Waals surface area contributed by atoms with E-state index in [-0.39, 0.29) is 18.7 Å². The highest BCUT2D eigenvalue weighted by atomic mass is 16.7. The number of hydrogen-bond donors (Lipinski definition) is 1. The number of hydrogen-bond acceptors (Lipinski definition) is 4. The van der Waals surface area contributed by atoms with E-state index >= 15 is 0 Å². The van der Waals surface area contributed by atoms with Crippen molar-refractivity contribution in [2.45, 2.75) is 45.1 Å². The number of nitrogens with zero attached hydrogens (tertiary/aromatic N) is 1. The summed E-state index contributed by atoms with van der Waals surface area (Å²) >= 11 is 0. The second kappa shape index (κ2) is 7.68. The molecule has 2 aliphatic rings. The maximum absolute atomic E-state index is 12.3. The van der Waals surface area contributed by atoms with Crippen molar-refractivity contribution in [2.75, 3.05) is 26.4 Å². The molecule has 0 aromatic heterocycles. The maximum atomic E-state index is 12.3. The van der Waals surface area contributed by atoms with Crippen LogP contribution >= 0.6 is 0 Å². The third kappa shape index (κ3) is 4.38. The standard InChI is InChI=1S/C18H26N2O3/c1-14(15-7-8-16-17(11-15)23-13-22-16)19-18(21)12-20-9-5-3-2-4-6-10-20/h7-8,11,14H,2-6,9-10,12-13H2,1H3,(H,19,21)/t14-/m1/s1. The monoisotopic (exact) mass is 318 g/mol. The molecule has 0 unspecified atom stereocenters. The van der Waals surface area contributed by atoms with Crippen LogP contribution in [0.25, 0.3) is 0 Å². The molecular weight excluding hydrogens is 292 g/mol. The molecule has 0 bridgehead atoms. The van der Waals surface area contributed by atoms with Gasteiger partial charge < -0.3 is 14.8 Å². The van der Waals surface area contributed by atoms with Crippen LogP contribution in [-0.4, -0.2) is 37.2 Å². The van der Waals surface area contributed by atoms with Gasteiger partial charge in [0, 0.05) is 0 Å². The zero-order chi connectivity index (χ0) is 16.1. The Morgan fingerprint density at radius 3 is 2.61 bits per heavy atom. The first-order chi connectivity index (χ1) is 11.2. The number of nitrogens with one attached hydrogen (secondary N) is 1. The van der Waals surface area contributed by atoms with Crippen molar-refractivity contribution in [2.24, 2.45) is 0 Å². The van der Waals surface area contributed by atoms with Crippen LogP contribution in [0.3, 0.4) is 0 Å². The van der Waals surface area contributed by atoms with Gasteiger partial charge in [-0.2, -0.15) is 0 Å². The van der Waals surface area contributed by atoms with Crippen LogP contribution in [0.2, 0.25) is 0 Å². The predicted octanol–water partition coefficient (Wildman–Crippen LogP) is 2.86. The number of ether oxygens (including phenoxy) is 2. The molecule has 126 valence electrons. The van der Waals surface area contributed by atoms with E-state index in [1.54, 1.807) is 0 Å². The van der Waals surface area contributed by atoms with Crippen molar-refractivity contribution >= 4 is 5.91 Å². The molecule has 0 radical (unpaired) electrons. The normalized spacial score (nSPS) is 19.7. The average Bonchev–Trinajstić information content (AvgIpc) is 2.97. The highest BCUT2D eigenvalue weighted by Gasteiger charge is 2.18. The van der Waals surface area contributed by atoms with Crippen LogP contribution in [0.5, 0.6) is 11.5 Å². The van der Waals surface area contributed by atoms with Gasteiger partial charge in [0.15, 0.2) is 11.5 Å². The lowest BCUT2D eigenvalue weighted by Crippen LogP contribution is -2.39. The Labute approximate surface area is 137 Å². The molecule has 2 heterocycles. The number of benzene rings is 1. The van der Waals surface area contributed by atoms with Crippen molar-refractivity contribution in [1.82, 2.24) is 10.2 Å². The van der Waals surface area contributed by atoms with Gasteiger partial charge in [0.05, 0.1) is 12.6 Å². The van der Waals surface area contributed by atoms with E-state index in [1.165, 1.54) is 32.1 Å². The first-order valence-corrected chi connectivity index (χ1v) is 8.63. The second-order valence-electron chi connectivity index (χ2n) is 6.45. The first kappa shape index (κ1) is 16.1. The molecule has 0 spiro atoms. The average molecular weight is 318 g/mol. The highest BCUT2D eigenvalue weighted by molar-refractivity contribution is 5.78. The zero-order valence-corrected chi connectivity index (χ0v) is 13.8. The van der Waals surface area contributed by atoms with Gasteiger partial charge in [0.2, 0.25) is 12.7 Å². The summed E-state index contributed by atoms with van der Waals surface area (Å²) in [6.07, 6.45) is 6.30. The van der Waals surface area contributed by atoms with Gasteiger partial charge in [-0.15, -0.1) is 0 Å². The quantitative estimate of drug-likeness (QED) is 0.927. The van der Waals surface area contributed by atoms with E-state index in [0.717, 1.165) is 30.2 Å². The third-order valence-electron chi connectivity index (χ3n) is 4.59. The molecule has 3 rings (SSSR count). The molecule has 23 heavy (non-hydrogen) atoms. The summed E-state index contributed by atoms with van der Waals surface area (Å²) in [7, 11) is 0. The summed E-state index contributed by atoms with van der Waals surface area (Å²) in [5.41, 5.74) is 1.04. The Morgan fingerprint density at radius 2 is 1.83 bits per heavy atom. The summed E-state index contributed by atoms with van der Waals surface area (Å²) in [6.45, 7) is 4.84. The molecule has 1 N–H and O–H groups in total. The van der Waals surface area contributed by atoms with Crippen LogP contribution < -0.4 is 14.8 Å². The maximum Gasteiger partial charge on any atom is 0.234 e. The fraction of sp³-hybridized carbons (Fsp3) is 0.611. The minimum absolute atomic E-state index is 0.0354. The van der Waals surface area contributed by atoms with Gasteiger partial charge in [-0.1, -0.05) is 25.3 Å². The van der Waals surface area contributed by atoms with Crippen molar-refractivity contribution in [3.8, 4) is 11.5 Å². The van der Waals surface area contributed by atoms with Gasteiger partial charge in [-0.25, -0.2) is 0 Å². The fourth-order valence-corrected chi connectivity index (χ4v) is 3.23. The molecular formula is C18H26N2O3. The van der Waals surface area contributed by atoms with E-state index in [0.29, 0.717) is 6.54 Å². The minimum Gasteiger partial charge on any atom is -0.454 e. The molecule has 1 atom stereocenters. The van der Waals surface area contributed by atoms with Gasteiger partial charge in [-0.05, 0) is 50.6 Å². The molecule has 1 amide bonds. The number of fused-ring (bicyclic) bond motifs is 1. The SMILES string of the molecule is C[C@@H](NC(=O)CN1CCCCCCC1)c1ccc2c(c1)OCO2. The number of carbonyl (C=O) groups excluding carboxylic acids is 1. The highest BCUT2D eigenvalue weighted by Crippen LogP contribution is 2.34. The molecule has 5 heteroatoms. The smallest absolute Gasteiger partial charge is 0.234 e. The van der Waals surface area contributed by atoms with Crippen molar-refractivity contribution in [3.05, 3.63) is 23.8 Å². The zero-order valence-electron chi connectivity index (χ0n) is 13.8. The number of likely N-dealkylation sites (tertiary alicyclic amines) is 1. The molecule has 0 aliphatic carbocycles. The summed E-state index contributed by atoms with van der Waals surface area (Å²) in [5, 5.41) is 3.09. The van der Waals surface area contributed by atoms with E-state index in [4.69, 9.17) is 9.47 Å². The molecule has 1 aromatic carbocycles. The second-order valence-corrected chi connectivity index (χ2v) is 6.45. The third-order valence-corrected chi connectivity index (χ3v) is 4.59. The number of rotatable bonds is 4. The Hall–Kier alpha value is -1.75. The van der Waals surface area contributed by atoms with Crippen LogP contribution in [0.15, 0.2) is 18.2 Å². The van der Waals surface area contributed by atoms with Crippen molar-refractivity contribution in [3.63, 3.8) is 0 Å². The van der Waals surface area contributed by atoms with E-state index in [1.807, 2.05) is 25.1 Å². The number of amides is 1. The fourth-order valence-electron chi connectivity index (χ4n) is 3.23. The lowest BCUT2D eigenvalue weighted by Gasteiger charge is -2.24.